The lowest BCUT2D eigenvalue weighted by Crippen LogP contribution is -2.18. The van der Waals surface area contributed by atoms with E-state index in [9.17, 15) is 0 Å². The normalized spacial score (nSPS) is 16.3. The second kappa shape index (κ2) is 11.2. The summed E-state index contributed by atoms with van der Waals surface area (Å²) in [4.78, 5) is 5.14. The van der Waals surface area contributed by atoms with Gasteiger partial charge in [0.25, 0.3) is 0 Å². The van der Waals surface area contributed by atoms with Crippen LogP contribution in [0.5, 0.6) is 0 Å². The highest BCUT2D eigenvalue weighted by Gasteiger charge is 2.39. The first kappa shape index (κ1) is 31.5. The largest absolute Gasteiger partial charge is 0.256 e. The third-order valence-corrected chi connectivity index (χ3v) is 13.1. The fraction of sp³-hybridized carbons (Fsp3) is 0.151. The lowest BCUT2D eigenvalue weighted by Gasteiger charge is -2.28. The van der Waals surface area contributed by atoms with Crippen molar-refractivity contribution >= 4 is 43.5 Å². The maximum Gasteiger partial charge on any atom is 0.0792 e. The molecular weight excluding hydrogens is 651 g/mol. The smallest absolute Gasteiger partial charge is 0.0792 e. The quantitative estimate of drug-likeness (QED) is 0.168. The van der Waals surface area contributed by atoms with E-state index in [0.29, 0.717) is 0 Å². The molecule has 0 fully saturated rings. The van der Waals surface area contributed by atoms with E-state index >= 15 is 0 Å². The maximum atomic E-state index is 5.14. The molecule has 0 radical (unpaired) electrons. The number of rotatable bonds is 3. The highest BCUT2D eigenvalue weighted by Crippen LogP contribution is 2.54. The molecule has 8 aromatic rings. The van der Waals surface area contributed by atoms with Crippen molar-refractivity contribution in [3.63, 3.8) is 0 Å². The first-order chi connectivity index (χ1) is 26.3. The zero-order chi connectivity index (χ0) is 36.3. The molecule has 11 rings (SSSR count). The van der Waals surface area contributed by atoms with Crippen molar-refractivity contribution in [1.82, 2.24) is 4.98 Å². The van der Waals surface area contributed by atoms with Crippen molar-refractivity contribution in [2.75, 3.05) is 0 Å². The van der Waals surface area contributed by atoms with Crippen LogP contribution < -0.4 is 0 Å². The van der Waals surface area contributed by atoms with Gasteiger partial charge < -0.3 is 0 Å². The van der Waals surface area contributed by atoms with Crippen LogP contribution in [0.25, 0.3) is 77.0 Å². The van der Waals surface area contributed by atoms with Gasteiger partial charge in [0.05, 0.1) is 5.69 Å². The molecule has 1 heterocycles. The number of benzene rings is 7. The summed E-state index contributed by atoms with van der Waals surface area (Å²) in [5.41, 5.74) is 18.9. The summed E-state index contributed by atoms with van der Waals surface area (Å²) in [5, 5.41) is 7.47. The van der Waals surface area contributed by atoms with E-state index in [4.69, 9.17) is 4.98 Å². The molecule has 0 aliphatic heterocycles. The Morgan fingerprint density at radius 2 is 1.07 bits per heavy atom. The Labute approximate surface area is 317 Å². The van der Waals surface area contributed by atoms with Crippen LogP contribution in [0.2, 0.25) is 0 Å². The van der Waals surface area contributed by atoms with Gasteiger partial charge in [-0.05, 0) is 119 Å². The summed E-state index contributed by atoms with van der Waals surface area (Å²) in [7, 11) is 0. The van der Waals surface area contributed by atoms with Crippen molar-refractivity contribution in [2.24, 2.45) is 0 Å². The Kier molecular flexibility index (Phi) is 6.55. The average Bonchev–Trinajstić information content (AvgIpc) is 3.58. The number of pyridine rings is 1. The Bertz CT molecular complexity index is 2980. The van der Waals surface area contributed by atoms with Crippen molar-refractivity contribution in [1.29, 1.82) is 0 Å². The number of aromatic nitrogens is 1. The van der Waals surface area contributed by atoms with Gasteiger partial charge in [-0.2, -0.15) is 0 Å². The van der Waals surface area contributed by atoms with Crippen LogP contribution in [-0.4, -0.2) is 4.98 Å². The summed E-state index contributed by atoms with van der Waals surface area (Å²) in [6.45, 7) is 9.56. The third-order valence-electron chi connectivity index (χ3n) is 13.1. The van der Waals surface area contributed by atoms with Crippen LogP contribution in [0, 0.1) is 0 Å². The van der Waals surface area contributed by atoms with Gasteiger partial charge in [-0.25, -0.2) is 0 Å². The summed E-state index contributed by atoms with van der Waals surface area (Å²) >= 11 is 0. The van der Waals surface area contributed by atoms with Gasteiger partial charge in [0.15, 0.2) is 0 Å². The predicted octanol–water partition coefficient (Wildman–Crippen LogP) is 14.1. The topological polar surface area (TPSA) is 12.9 Å². The molecule has 1 heteroatoms. The summed E-state index contributed by atoms with van der Waals surface area (Å²) in [5.74, 6) is 0. The van der Waals surface area contributed by atoms with Crippen molar-refractivity contribution in [2.45, 2.75) is 51.4 Å². The predicted molar refractivity (Wildman–Crippen MR) is 229 cm³/mol. The zero-order valence-electron chi connectivity index (χ0n) is 31.3. The lowest BCUT2D eigenvalue weighted by atomic mass is 9.76. The molecule has 0 saturated carbocycles. The Hall–Kier alpha value is -6.05. The number of allylic oxidation sites excluding steroid dienone is 4. The third kappa shape index (κ3) is 4.30. The van der Waals surface area contributed by atoms with Gasteiger partial charge in [-0.1, -0.05) is 161 Å². The molecule has 0 saturated heterocycles. The van der Waals surface area contributed by atoms with Gasteiger partial charge in [0.2, 0.25) is 0 Å². The molecule has 0 spiro atoms. The minimum Gasteiger partial charge on any atom is -0.256 e. The molecule has 258 valence electrons. The van der Waals surface area contributed by atoms with E-state index in [-0.39, 0.29) is 10.8 Å². The first-order valence-electron chi connectivity index (χ1n) is 19.4. The van der Waals surface area contributed by atoms with Crippen LogP contribution in [0.4, 0.5) is 0 Å². The zero-order valence-corrected chi connectivity index (χ0v) is 31.3. The maximum absolute atomic E-state index is 5.14. The molecule has 0 unspecified atom stereocenters. The van der Waals surface area contributed by atoms with E-state index in [2.05, 4.69) is 173 Å². The van der Waals surface area contributed by atoms with Crippen LogP contribution in [0.1, 0.15) is 68.4 Å². The minimum absolute atomic E-state index is 0.0379. The van der Waals surface area contributed by atoms with Crippen molar-refractivity contribution in [3.05, 3.63) is 185 Å². The Balaban J connectivity index is 1.20. The number of hydrogen-bond acceptors (Lipinski definition) is 1. The Morgan fingerprint density at radius 3 is 1.89 bits per heavy atom. The van der Waals surface area contributed by atoms with E-state index < -0.39 is 0 Å². The van der Waals surface area contributed by atoms with Crippen LogP contribution in [0.15, 0.2) is 157 Å². The van der Waals surface area contributed by atoms with Crippen molar-refractivity contribution in [3.8, 4) is 33.5 Å². The van der Waals surface area contributed by atoms with Crippen molar-refractivity contribution < 1.29 is 0 Å². The molecule has 7 aromatic carbocycles. The summed E-state index contributed by atoms with van der Waals surface area (Å²) < 4.78 is 0. The fourth-order valence-electron chi connectivity index (χ4n) is 10.4. The molecular formula is C53H41N. The van der Waals surface area contributed by atoms with E-state index in [0.717, 1.165) is 18.5 Å². The monoisotopic (exact) mass is 691 g/mol. The number of fused-ring (bicyclic) bond motifs is 8. The minimum atomic E-state index is -0.0585. The number of nitrogens with zero attached hydrogens (tertiary/aromatic N) is 1. The fourth-order valence-corrected chi connectivity index (χ4v) is 10.4. The molecule has 54 heavy (non-hydrogen) atoms. The average molecular weight is 692 g/mol. The molecule has 3 aliphatic carbocycles. The standard InChI is InChI=1S/C53H41N/c1-52(2)46-20-12-10-16-38(46)43-30-35(23-26-47(43)52)49-40-17-7-8-18-41(40)50(51-36-14-6-5-13-32(36)27-28-54-51)42-25-22-33(29-44(42)49)34-21-24-39-37-15-9-11-19-45(37)53(3,4)48(39)31-34/h5-22,24-25,27-31H,23,26H2,1-4H3. The van der Waals surface area contributed by atoms with E-state index in [1.165, 1.54) is 99.1 Å². The SMILES string of the molecule is CC1(C)C2=C(C=C(c3c4ccccc4c(-c4nccc5ccccc45)c4ccc(-c5ccc6c(c5)C(C)(C)c5ccccc5-6)cc34)CC2)c2ccccc21. The van der Waals surface area contributed by atoms with E-state index in [1.807, 2.05) is 6.20 Å². The van der Waals surface area contributed by atoms with Crippen LogP contribution in [0.3, 0.4) is 0 Å². The van der Waals surface area contributed by atoms with Gasteiger partial charge >= 0.3 is 0 Å². The first-order valence-corrected chi connectivity index (χ1v) is 19.4. The van der Waals surface area contributed by atoms with Crippen LogP contribution >= 0.6 is 0 Å². The highest BCUT2D eigenvalue weighted by atomic mass is 14.7. The van der Waals surface area contributed by atoms with Crippen LogP contribution in [-0.2, 0) is 10.8 Å². The van der Waals surface area contributed by atoms with Gasteiger partial charge in [-0.3, -0.25) is 4.98 Å². The van der Waals surface area contributed by atoms with Gasteiger partial charge in [0, 0.05) is 28.0 Å². The second-order valence-electron chi connectivity index (χ2n) is 16.6. The molecule has 0 amide bonds. The molecule has 1 aromatic heterocycles. The molecule has 0 N–H and O–H groups in total. The molecule has 3 aliphatic rings. The lowest BCUT2D eigenvalue weighted by molar-refractivity contribution is 0.609. The number of hydrogen-bond donors (Lipinski definition) is 0. The van der Waals surface area contributed by atoms with Gasteiger partial charge in [-0.15, -0.1) is 0 Å². The summed E-state index contributed by atoms with van der Waals surface area (Å²) in [6, 6.07) is 52.2. The molecule has 0 atom stereocenters. The molecule has 0 bridgehead atoms. The van der Waals surface area contributed by atoms with E-state index in [1.54, 1.807) is 5.57 Å². The Morgan fingerprint density at radius 1 is 0.463 bits per heavy atom. The van der Waals surface area contributed by atoms with Gasteiger partial charge in [0.1, 0.15) is 0 Å². The second-order valence-corrected chi connectivity index (χ2v) is 16.6. The summed E-state index contributed by atoms with van der Waals surface area (Å²) in [6.07, 6.45) is 6.59. The molecule has 1 nitrogen and oxygen atoms in total. The highest BCUT2D eigenvalue weighted by molar-refractivity contribution is 6.21.